The van der Waals surface area contributed by atoms with E-state index in [1.54, 1.807) is 0 Å². The van der Waals surface area contributed by atoms with Gasteiger partial charge in [0.25, 0.3) is 0 Å². The van der Waals surface area contributed by atoms with Gasteiger partial charge in [-0.1, -0.05) is 0 Å². The van der Waals surface area contributed by atoms with Gasteiger partial charge in [0, 0.05) is 12.6 Å². The van der Waals surface area contributed by atoms with E-state index in [9.17, 15) is 8.42 Å². The second-order valence-corrected chi connectivity index (χ2v) is 6.87. The lowest BCUT2D eigenvalue weighted by molar-refractivity contribution is 0.0774. The fourth-order valence-corrected chi connectivity index (χ4v) is 3.88. The van der Waals surface area contributed by atoms with Crippen LogP contribution in [0.1, 0.15) is 25.7 Å². The van der Waals surface area contributed by atoms with Gasteiger partial charge in [-0.15, -0.1) is 0 Å². The van der Waals surface area contributed by atoms with Gasteiger partial charge in [0.2, 0.25) is 10.0 Å². The number of rotatable bonds is 5. The molecule has 2 aliphatic heterocycles. The normalized spacial score (nSPS) is 30.6. The summed E-state index contributed by atoms with van der Waals surface area (Å²) < 4.78 is 31.8. The lowest BCUT2D eigenvalue weighted by atomic mass is 10.1. The standard InChI is InChI=1S/C11H22N2O3S/c14-17(15,7-4-10-3-5-12-8-10)13-11-2-1-6-16-9-11/h10-13H,1-9H2. The summed E-state index contributed by atoms with van der Waals surface area (Å²) in [6, 6.07) is -0.0181. The topological polar surface area (TPSA) is 67.4 Å². The molecule has 0 amide bonds. The summed E-state index contributed by atoms with van der Waals surface area (Å²) in [5.74, 6) is 0.768. The van der Waals surface area contributed by atoms with Crippen LogP contribution in [0.2, 0.25) is 0 Å². The van der Waals surface area contributed by atoms with Crippen molar-refractivity contribution in [1.82, 2.24) is 10.0 Å². The van der Waals surface area contributed by atoms with Crippen molar-refractivity contribution in [2.45, 2.75) is 31.7 Å². The summed E-state index contributed by atoms with van der Waals surface area (Å²) >= 11 is 0. The summed E-state index contributed by atoms with van der Waals surface area (Å²) in [5, 5.41) is 3.25. The van der Waals surface area contributed by atoms with Gasteiger partial charge in [-0.05, 0) is 44.7 Å². The Morgan fingerprint density at radius 1 is 1.35 bits per heavy atom. The summed E-state index contributed by atoms with van der Waals surface area (Å²) in [6.07, 6.45) is 3.70. The molecule has 2 heterocycles. The van der Waals surface area contributed by atoms with Gasteiger partial charge in [-0.3, -0.25) is 0 Å². The van der Waals surface area contributed by atoms with Crippen molar-refractivity contribution in [3.8, 4) is 0 Å². The fraction of sp³-hybridized carbons (Fsp3) is 1.00. The molecule has 0 aromatic rings. The Kier molecular flexibility index (Phi) is 4.78. The summed E-state index contributed by atoms with van der Waals surface area (Å²) in [5.41, 5.74) is 0. The Balaban J connectivity index is 1.73. The Labute approximate surface area is 103 Å². The average Bonchev–Trinajstić information content (AvgIpc) is 2.80. The highest BCUT2D eigenvalue weighted by Gasteiger charge is 2.22. The van der Waals surface area contributed by atoms with Crippen molar-refractivity contribution in [3.63, 3.8) is 0 Å². The van der Waals surface area contributed by atoms with Crippen molar-refractivity contribution >= 4 is 10.0 Å². The molecule has 17 heavy (non-hydrogen) atoms. The molecule has 100 valence electrons. The zero-order valence-corrected chi connectivity index (χ0v) is 11.0. The van der Waals surface area contributed by atoms with Gasteiger partial charge in [-0.25, -0.2) is 13.1 Å². The predicted octanol–water partition coefficient (Wildman–Crippen LogP) is 0.0844. The molecule has 2 rings (SSSR count). The van der Waals surface area contributed by atoms with Gasteiger partial charge in [0.1, 0.15) is 0 Å². The Morgan fingerprint density at radius 3 is 2.88 bits per heavy atom. The Hall–Kier alpha value is -0.170. The van der Waals surface area contributed by atoms with Crippen LogP contribution in [0.4, 0.5) is 0 Å². The summed E-state index contributed by atoms with van der Waals surface area (Å²) in [4.78, 5) is 0. The van der Waals surface area contributed by atoms with Gasteiger partial charge in [0.05, 0.1) is 12.4 Å². The van der Waals surface area contributed by atoms with Crippen molar-refractivity contribution in [2.75, 3.05) is 32.1 Å². The molecular weight excluding hydrogens is 240 g/mol. The third-order valence-electron chi connectivity index (χ3n) is 3.46. The van der Waals surface area contributed by atoms with Gasteiger partial charge in [-0.2, -0.15) is 0 Å². The van der Waals surface area contributed by atoms with Gasteiger partial charge < -0.3 is 10.1 Å². The highest BCUT2D eigenvalue weighted by Crippen LogP contribution is 2.14. The number of hydrogen-bond acceptors (Lipinski definition) is 4. The highest BCUT2D eigenvalue weighted by molar-refractivity contribution is 7.89. The maximum absolute atomic E-state index is 11.9. The minimum Gasteiger partial charge on any atom is -0.380 e. The van der Waals surface area contributed by atoms with Crippen LogP contribution in [0.25, 0.3) is 0 Å². The molecule has 0 saturated carbocycles. The molecule has 2 N–H and O–H groups in total. The molecule has 2 fully saturated rings. The van der Waals surface area contributed by atoms with E-state index in [1.807, 2.05) is 0 Å². The molecule has 0 spiro atoms. The van der Waals surface area contributed by atoms with Crippen molar-refractivity contribution in [1.29, 1.82) is 0 Å². The van der Waals surface area contributed by atoms with Crippen LogP contribution >= 0.6 is 0 Å². The molecule has 2 unspecified atom stereocenters. The molecule has 2 atom stereocenters. The number of sulfonamides is 1. The van der Waals surface area contributed by atoms with E-state index in [0.717, 1.165) is 45.4 Å². The van der Waals surface area contributed by atoms with E-state index in [2.05, 4.69) is 10.0 Å². The van der Waals surface area contributed by atoms with Crippen LogP contribution in [0.3, 0.4) is 0 Å². The van der Waals surface area contributed by atoms with Crippen LogP contribution in [-0.2, 0) is 14.8 Å². The molecule has 5 nitrogen and oxygen atoms in total. The van der Waals surface area contributed by atoms with Crippen LogP contribution in [0, 0.1) is 5.92 Å². The molecular formula is C11H22N2O3S. The molecule has 6 heteroatoms. The first-order chi connectivity index (χ1) is 8.16. The number of nitrogens with one attached hydrogen (secondary N) is 2. The third-order valence-corrected chi connectivity index (χ3v) is 4.93. The first kappa shape index (κ1) is 13.3. The van der Waals surface area contributed by atoms with Crippen LogP contribution in [0.5, 0.6) is 0 Å². The van der Waals surface area contributed by atoms with Crippen molar-refractivity contribution < 1.29 is 13.2 Å². The van der Waals surface area contributed by atoms with E-state index >= 15 is 0 Å². The first-order valence-corrected chi connectivity index (χ1v) is 8.09. The minimum absolute atomic E-state index is 0.0181. The molecule has 0 radical (unpaired) electrons. The van der Waals surface area contributed by atoms with Crippen molar-refractivity contribution in [3.05, 3.63) is 0 Å². The fourth-order valence-electron chi connectivity index (χ4n) is 2.43. The molecule has 0 aromatic carbocycles. The number of hydrogen-bond donors (Lipinski definition) is 2. The molecule has 0 aliphatic carbocycles. The quantitative estimate of drug-likeness (QED) is 0.736. The van der Waals surface area contributed by atoms with E-state index in [-0.39, 0.29) is 11.8 Å². The second-order valence-electron chi connectivity index (χ2n) is 5.00. The maximum Gasteiger partial charge on any atom is 0.211 e. The van der Waals surface area contributed by atoms with Crippen LogP contribution in [0.15, 0.2) is 0 Å². The van der Waals surface area contributed by atoms with Crippen LogP contribution in [-0.4, -0.2) is 46.5 Å². The average molecular weight is 262 g/mol. The first-order valence-electron chi connectivity index (χ1n) is 6.44. The Bertz CT molecular complexity index is 320. The van der Waals surface area contributed by atoms with E-state index in [4.69, 9.17) is 4.74 Å². The smallest absolute Gasteiger partial charge is 0.211 e. The second kappa shape index (κ2) is 6.13. The third kappa shape index (κ3) is 4.54. The summed E-state index contributed by atoms with van der Waals surface area (Å²) in [6.45, 7) is 3.26. The summed E-state index contributed by atoms with van der Waals surface area (Å²) in [7, 11) is -3.13. The highest BCUT2D eigenvalue weighted by atomic mass is 32.2. The molecule has 2 aliphatic rings. The van der Waals surface area contributed by atoms with Gasteiger partial charge >= 0.3 is 0 Å². The van der Waals surface area contributed by atoms with Crippen LogP contribution < -0.4 is 10.0 Å². The molecule has 2 saturated heterocycles. The Morgan fingerprint density at radius 2 is 2.24 bits per heavy atom. The van der Waals surface area contributed by atoms with Gasteiger partial charge in [0.15, 0.2) is 0 Å². The SMILES string of the molecule is O=S(=O)(CCC1CCNC1)NC1CCCOC1. The lowest BCUT2D eigenvalue weighted by Crippen LogP contribution is -2.41. The zero-order valence-electron chi connectivity index (χ0n) is 10.2. The van der Waals surface area contributed by atoms with Crippen molar-refractivity contribution in [2.24, 2.45) is 5.92 Å². The maximum atomic E-state index is 11.9. The molecule has 0 bridgehead atoms. The largest absolute Gasteiger partial charge is 0.380 e. The van der Waals surface area contributed by atoms with E-state index in [1.165, 1.54) is 0 Å². The molecule has 0 aromatic heterocycles. The predicted molar refractivity (Wildman–Crippen MR) is 66.4 cm³/mol. The number of ether oxygens (including phenoxy) is 1. The zero-order chi connectivity index (χ0) is 12.1. The van der Waals surface area contributed by atoms with E-state index in [0.29, 0.717) is 12.5 Å². The van der Waals surface area contributed by atoms with E-state index < -0.39 is 10.0 Å². The monoisotopic (exact) mass is 262 g/mol. The lowest BCUT2D eigenvalue weighted by Gasteiger charge is -2.23. The minimum atomic E-state index is -3.13.